The van der Waals surface area contributed by atoms with Crippen LogP contribution in [0.2, 0.25) is 0 Å². The molecule has 2 unspecified atom stereocenters. The Kier molecular flexibility index (Phi) is 7.14. The van der Waals surface area contributed by atoms with E-state index in [2.05, 4.69) is 45.2 Å². The van der Waals surface area contributed by atoms with Crippen molar-refractivity contribution in [2.24, 2.45) is 0 Å². The van der Waals surface area contributed by atoms with Crippen molar-refractivity contribution in [3.63, 3.8) is 0 Å². The highest BCUT2D eigenvalue weighted by molar-refractivity contribution is 14.1. The molecule has 0 fully saturated rings. The molecule has 0 aliphatic heterocycles. The quantitative estimate of drug-likeness (QED) is 0.185. The smallest absolute Gasteiger partial charge is 0.190 e. The second-order valence-corrected chi connectivity index (χ2v) is 11.8. The van der Waals surface area contributed by atoms with Crippen LogP contribution in [0.1, 0.15) is 13.8 Å². The molecular formula is C23H18I2O4S2. The summed E-state index contributed by atoms with van der Waals surface area (Å²) in [7, 11) is 0. The predicted octanol–water partition coefficient (Wildman–Crippen LogP) is 6.90. The van der Waals surface area contributed by atoms with Crippen LogP contribution in [0, 0.1) is 7.14 Å². The Bertz CT molecular complexity index is 1370. The minimum atomic E-state index is -2.23. The molecule has 0 heterocycles. The molecule has 0 bridgehead atoms. The molecule has 0 saturated carbocycles. The van der Waals surface area contributed by atoms with Crippen molar-refractivity contribution in [1.29, 1.82) is 0 Å². The third-order valence-corrected chi connectivity index (χ3v) is 8.10. The fraction of sp³-hybridized carbons (Fsp3) is 0.130. The van der Waals surface area contributed by atoms with Gasteiger partial charge in [-0.2, -0.15) is 0 Å². The van der Waals surface area contributed by atoms with Crippen molar-refractivity contribution in [2.75, 3.05) is 0 Å². The first kappa shape index (κ1) is 23.2. The molecule has 4 nitrogen and oxygen atoms in total. The van der Waals surface area contributed by atoms with E-state index in [1.54, 1.807) is 12.1 Å². The van der Waals surface area contributed by atoms with Gasteiger partial charge in [0.05, 0.1) is 15.9 Å². The molecule has 0 aliphatic carbocycles. The third kappa shape index (κ3) is 4.74. The number of halogens is 2. The normalized spacial score (nSPS) is 13.7. The summed E-state index contributed by atoms with van der Waals surface area (Å²) >= 11 is 0.534. The van der Waals surface area contributed by atoms with Crippen LogP contribution in [0.4, 0.5) is 0 Å². The summed E-state index contributed by atoms with van der Waals surface area (Å²) in [4.78, 5) is 0.766. The van der Waals surface area contributed by atoms with E-state index < -0.39 is 22.2 Å². The van der Waals surface area contributed by atoms with Crippen LogP contribution in [0.5, 0.6) is 0 Å². The molecule has 160 valence electrons. The van der Waals surface area contributed by atoms with E-state index >= 15 is 0 Å². The molecule has 0 amide bonds. The van der Waals surface area contributed by atoms with Gasteiger partial charge in [0.1, 0.15) is 0 Å². The Morgan fingerprint density at radius 1 is 0.774 bits per heavy atom. The van der Waals surface area contributed by atoms with Gasteiger partial charge in [0, 0.05) is 18.3 Å². The van der Waals surface area contributed by atoms with E-state index in [9.17, 15) is 13.0 Å². The molecule has 0 aromatic heterocycles. The molecule has 2 atom stereocenters. The van der Waals surface area contributed by atoms with Crippen LogP contribution in [-0.2, 0) is 26.3 Å². The van der Waals surface area contributed by atoms with Crippen molar-refractivity contribution < 1.29 is 17.2 Å². The first-order chi connectivity index (χ1) is 14.8. The zero-order valence-corrected chi connectivity index (χ0v) is 22.5. The van der Waals surface area contributed by atoms with Crippen molar-refractivity contribution in [3.05, 3.63) is 67.8 Å². The minimum absolute atomic E-state index is 0.235. The Morgan fingerprint density at radius 3 is 1.74 bits per heavy atom. The van der Waals surface area contributed by atoms with Gasteiger partial charge in [-0.25, -0.2) is 8.42 Å². The number of rotatable bonds is 5. The summed E-state index contributed by atoms with van der Waals surface area (Å²) in [5.41, 5.74) is 1.27. The lowest BCUT2D eigenvalue weighted by atomic mass is 9.94. The van der Waals surface area contributed by atoms with Gasteiger partial charge in [0.2, 0.25) is 0 Å². The van der Waals surface area contributed by atoms with Crippen molar-refractivity contribution in [3.8, 4) is 11.1 Å². The fourth-order valence-electron chi connectivity index (χ4n) is 3.59. The van der Waals surface area contributed by atoms with Crippen LogP contribution in [0.3, 0.4) is 0 Å². The second-order valence-electron chi connectivity index (χ2n) is 7.24. The predicted molar refractivity (Wildman–Crippen MR) is 144 cm³/mol. The van der Waals surface area contributed by atoms with Crippen LogP contribution in [0.25, 0.3) is 32.7 Å². The van der Waals surface area contributed by atoms with Gasteiger partial charge < -0.3 is 4.55 Å². The standard InChI is InChI=1S/C23H18I2O4S2/c1-13(2)29-31(28)21-10-4-15-12-17(25)6-8-19(15)23(21)22-18-7-5-16(24)11-14(18)3-9-20(22)30(26)27/h3-13H,1-2H3,(H,26,27). The lowest BCUT2D eigenvalue weighted by molar-refractivity contribution is 0.270. The van der Waals surface area contributed by atoms with Gasteiger partial charge in [-0.15, -0.1) is 0 Å². The monoisotopic (exact) mass is 676 g/mol. The first-order valence-electron chi connectivity index (χ1n) is 9.41. The second kappa shape index (κ2) is 9.52. The molecular weight excluding hydrogens is 658 g/mol. The SMILES string of the molecule is CC(C)OS(=O)c1ccc2cc(I)ccc2c1-c1c(S(=O)O)ccc2cc(I)ccc12. The van der Waals surface area contributed by atoms with E-state index in [1.165, 1.54) is 0 Å². The van der Waals surface area contributed by atoms with Gasteiger partial charge in [-0.3, -0.25) is 4.18 Å². The zero-order valence-electron chi connectivity index (χ0n) is 16.6. The first-order valence-corrected chi connectivity index (χ1v) is 13.7. The Labute approximate surface area is 213 Å². The largest absolute Gasteiger partial charge is 0.302 e. The summed E-state index contributed by atoms with van der Waals surface area (Å²) < 4.78 is 43.4. The zero-order chi connectivity index (χ0) is 22.3. The molecule has 0 radical (unpaired) electrons. The third-order valence-electron chi connectivity index (χ3n) is 4.78. The van der Waals surface area contributed by atoms with Crippen LogP contribution < -0.4 is 0 Å². The van der Waals surface area contributed by atoms with Crippen LogP contribution in [0.15, 0.2) is 70.5 Å². The maximum Gasteiger partial charge on any atom is 0.190 e. The minimum Gasteiger partial charge on any atom is -0.302 e. The molecule has 0 aliphatic rings. The highest BCUT2D eigenvalue weighted by Gasteiger charge is 2.23. The molecule has 4 aromatic rings. The highest BCUT2D eigenvalue weighted by atomic mass is 127. The fourth-order valence-corrected chi connectivity index (χ4v) is 6.20. The van der Waals surface area contributed by atoms with Gasteiger partial charge in [0.25, 0.3) is 0 Å². The molecule has 0 saturated heterocycles. The maximum absolute atomic E-state index is 13.2. The lowest BCUT2D eigenvalue weighted by Gasteiger charge is -2.18. The molecule has 31 heavy (non-hydrogen) atoms. The number of fused-ring (bicyclic) bond motifs is 2. The number of hydrogen-bond donors (Lipinski definition) is 1. The van der Waals surface area contributed by atoms with E-state index in [1.807, 2.05) is 62.4 Å². The summed E-state index contributed by atoms with van der Waals surface area (Å²) in [6.07, 6.45) is -0.235. The summed E-state index contributed by atoms with van der Waals surface area (Å²) in [6.45, 7) is 3.66. The van der Waals surface area contributed by atoms with Crippen molar-refractivity contribution in [2.45, 2.75) is 29.7 Å². The van der Waals surface area contributed by atoms with E-state index in [0.717, 1.165) is 28.7 Å². The van der Waals surface area contributed by atoms with Gasteiger partial charge in [-0.05, 0) is 117 Å². The highest BCUT2D eigenvalue weighted by Crippen LogP contribution is 2.42. The molecule has 4 rings (SSSR count). The summed E-state index contributed by atoms with van der Waals surface area (Å²) in [5.74, 6) is 0. The molecule has 4 aromatic carbocycles. The summed E-state index contributed by atoms with van der Waals surface area (Å²) in [6, 6.07) is 19.2. The molecule has 8 heteroatoms. The van der Waals surface area contributed by atoms with E-state index in [4.69, 9.17) is 4.18 Å². The van der Waals surface area contributed by atoms with Gasteiger partial charge in [0.15, 0.2) is 22.2 Å². The summed E-state index contributed by atoms with van der Waals surface area (Å²) in [5, 5.41) is 3.59. The average Bonchev–Trinajstić information content (AvgIpc) is 2.71. The maximum atomic E-state index is 13.2. The van der Waals surface area contributed by atoms with Crippen molar-refractivity contribution in [1.82, 2.24) is 0 Å². The Balaban J connectivity index is 2.18. The Morgan fingerprint density at radius 2 is 1.26 bits per heavy atom. The molecule has 1 N–H and O–H groups in total. The van der Waals surface area contributed by atoms with Crippen molar-refractivity contribution >= 4 is 88.9 Å². The van der Waals surface area contributed by atoms with E-state index in [-0.39, 0.29) is 11.0 Å². The average molecular weight is 676 g/mol. The lowest BCUT2D eigenvalue weighted by Crippen LogP contribution is -2.08. The van der Waals surface area contributed by atoms with Crippen LogP contribution >= 0.6 is 45.2 Å². The number of hydrogen-bond acceptors (Lipinski definition) is 3. The van der Waals surface area contributed by atoms with Crippen LogP contribution in [-0.4, -0.2) is 19.1 Å². The van der Waals surface area contributed by atoms with Gasteiger partial charge >= 0.3 is 0 Å². The topological polar surface area (TPSA) is 63.6 Å². The Hall–Kier alpha value is -0.920. The van der Waals surface area contributed by atoms with Gasteiger partial charge in [-0.1, -0.05) is 24.3 Å². The molecule has 0 spiro atoms. The number of benzene rings is 4. The van der Waals surface area contributed by atoms with E-state index in [0.29, 0.717) is 16.0 Å².